The lowest BCUT2D eigenvalue weighted by atomic mass is 10.3. The SMILES string of the molecule is COc1ccccc1Nc1cnnc(N2CCCC2)n1. The number of methoxy groups -OCH3 is 1. The Bertz CT molecular complexity index is 583. The second kappa shape index (κ2) is 5.73. The van der Waals surface area contributed by atoms with Gasteiger partial charge >= 0.3 is 0 Å². The van der Waals surface area contributed by atoms with E-state index in [2.05, 4.69) is 25.4 Å². The third-order valence-electron chi connectivity index (χ3n) is 3.31. The van der Waals surface area contributed by atoms with Crippen molar-refractivity contribution in [2.24, 2.45) is 0 Å². The molecule has 1 aliphatic heterocycles. The van der Waals surface area contributed by atoms with E-state index in [1.807, 2.05) is 24.3 Å². The first kappa shape index (κ1) is 12.7. The number of hydrogen-bond acceptors (Lipinski definition) is 6. The van der Waals surface area contributed by atoms with Crippen LogP contribution in [0.1, 0.15) is 12.8 Å². The molecule has 0 saturated carbocycles. The quantitative estimate of drug-likeness (QED) is 0.920. The van der Waals surface area contributed by atoms with Crippen LogP contribution in [0.3, 0.4) is 0 Å². The average Bonchev–Trinajstić information content (AvgIpc) is 3.02. The summed E-state index contributed by atoms with van der Waals surface area (Å²) in [5.74, 6) is 2.13. The lowest BCUT2D eigenvalue weighted by Crippen LogP contribution is -2.21. The molecule has 0 radical (unpaired) electrons. The summed E-state index contributed by atoms with van der Waals surface area (Å²) in [7, 11) is 1.65. The molecule has 20 heavy (non-hydrogen) atoms. The van der Waals surface area contributed by atoms with Crippen molar-refractivity contribution in [3.05, 3.63) is 30.5 Å². The topological polar surface area (TPSA) is 63.2 Å². The van der Waals surface area contributed by atoms with Crippen LogP contribution in [-0.4, -0.2) is 35.4 Å². The van der Waals surface area contributed by atoms with Crippen LogP contribution in [0.5, 0.6) is 5.75 Å². The van der Waals surface area contributed by atoms with E-state index in [0.29, 0.717) is 11.8 Å². The molecule has 1 aromatic carbocycles. The Morgan fingerprint density at radius 2 is 2.00 bits per heavy atom. The van der Waals surface area contributed by atoms with Gasteiger partial charge in [0.25, 0.3) is 0 Å². The van der Waals surface area contributed by atoms with E-state index in [0.717, 1.165) is 24.5 Å². The van der Waals surface area contributed by atoms with Gasteiger partial charge in [-0.1, -0.05) is 12.1 Å². The molecule has 2 aromatic rings. The molecular weight excluding hydrogens is 254 g/mol. The van der Waals surface area contributed by atoms with Gasteiger partial charge in [-0.25, -0.2) is 0 Å². The molecule has 1 aromatic heterocycles. The van der Waals surface area contributed by atoms with Gasteiger partial charge in [-0.3, -0.25) is 0 Å². The van der Waals surface area contributed by atoms with E-state index in [1.54, 1.807) is 13.3 Å². The largest absolute Gasteiger partial charge is 0.495 e. The Morgan fingerprint density at radius 1 is 1.20 bits per heavy atom. The van der Waals surface area contributed by atoms with Crippen molar-refractivity contribution in [1.29, 1.82) is 0 Å². The van der Waals surface area contributed by atoms with Gasteiger partial charge in [0, 0.05) is 13.1 Å². The van der Waals surface area contributed by atoms with E-state index in [4.69, 9.17) is 4.74 Å². The van der Waals surface area contributed by atoms with Crippen molar-refractivity contribution in [1.82, 2.24) is 15.2 Å². The van der Waals surface area contributed by atoms with Crippen molar-refractivity contribution in [3.63, 3.8) is 0 Å². The average molecular weight is 271 g/mol. The maximum atomic E-state index is 5.31. The first-order valence-corrected chi connectivity index (χ1v) is 6.71. The van der Waals surface area contributed by atoms with Gasteiger partial charge in [0.05, 0.1) is 19.0 Å². The number of nitrogens with one attached hydrogen (secondary N) is 1. The summed E-state index contributed by atoms with van der Waals surface area (Å²) in [6.45, 7) is 2.00. The van der Waals surface area contributed by atoms with Crippen LogP contribution in [0.25, 0.3) is 0 Å². The van der Waals surface area contributed by atoms with Crippen LogP contribution >= 0.6 is 0 Å². The number of ether oxygens (including phenoxy) is 1. The lowest BCUT2D eigenvalue weighted by molar-refractivity contribution is 0.417. The van der Waals surface area contributed by atoms with Crippen molar-refractivity contribution in [2.75, 3.05) is 30.4 Å². The molecule has 2 heterocycles. The number of nitrogens with zero attached hydrogens (tertiary/aromatic N) is 4. The van der Waals surface area contributed by atoms with Crippen LogP contribution in [0.4, 0.5) is 17.5 Å². The van der Waals surface area contributed by atoms with Crippen LogP contribution in [0.15, 0.2) is 30.5 Å². The van der Waals surface area contributed by atoms with E-state index in [-0.39, 0.29) is 0 Å². The standard InChI is InChI=1S/C14H17N5O/c1-20-12-7-3-2-6-11(12)16-13-10-15-18-14(17-13)19-8-4-5-9-19/h2-3,6-7,10H,4-5,8-9H2,1H3,(H,16,17,18). The molecule has 0 aliphatic carbocycles. The number of hydrogen-bond donors (Lipinski definition) is 1. The van der Waals surface area contributed by atoms with Crippen LogP contribution in [0, 0.1) is 0 Å². The molecule has 1 aliphatic rings. The lowest BCUT2D eigenvalue weighted by Gasteiger charge is -2.15. The summed E-state index contributed by atoms with van der Waals surface area (Å²) in [4.78, 5) is 6.66. The highest BCUT2D eigenvalue weighted by Crippen LogP contribution is 2.26. The second-order valence-electron chi connectivity index (χ2n) is 4.66. The van der Waals surface area contributed by atoms with E-state index >= 15 is 0 Å². The molecule has 0 amide bonds. The van der Waals surface area contributed by atoms with Gasteiger partial charge in [0.15, 0.2) is 5.82 Å². The molecule has 0 spiro atoms. The van der Waals surface area contributed by atoms with E-state index in [9.17, 15) is 0 Å². The molecule has 1 fully saturated rings. The van der Waals surface area contributed by atoms with Gasteiger partial charge in [0.1, 0.15) is 5.75 Å². The first-order valence-electron chi connectivity index (χ1n) is 6.71. The maximum Gasteiger partial charge on any atom is 0.247 e. The summed E-state index contributed by atoms with van der Waals surface area (Å²) in [5, 5.41) is 11.3. The van der Waals surface area contributed by atoms with Gasteiger partial charge in [0.2, 0.25) is 5.95 Å². The summed E-state index contributed by atoms with van der Waals surface area (Å²) in [6, 6.07) is 7.72. The highest BCUT2D eigenvalue weighted by Gasteiger charge is 2.15. The zero-order valence-corrected chi connectivity index (χ0v) is 11.4. The zero-order chi connectivity index (χ0) is 13.8. The molecule has 6 heteroatoms. The summed E-state index contributed by atoms with van der Waals surface area (Å²) < 4.78 is 5.31. The summed E-state index contributed by atoms with van der Waals surface area (Å²) >= 11 is 0. The summed E-state index contributed by atoms with van der Waals surface area (Å²) in [6.07, 6.45) is 3.99. The molecule has 1 N–H and O–H groups in total. The molecular formula is C14H17N5O. The van der Waals surface area contributed by atoms with Gasteiger partial charge in [-0.2, -0.15) is 10.1 Å². The van der Waals surface area contributed by atoms with Crippen molar-refractivity contribution in [2.45, 2.75) is 12.8 Å². The number of benzene rings is 1. The number of aromatic nitrogens is 3. The monoisotopic (exact) mass is 271 g/mol. The van der Waals surface area contributed by atoms with Crippen molar-refractivity contribution < 1.29 is 4.74 Å². The zero-order valence-electron chi connectivity index (χ0n) is 11.4. The fourth-order valence-electron chi connectivity index (χ4n) is 2.29. The third kappa shape index (κ3) is 2.64. The Kier molecular flexibility index (Phi) is 3.62. The Balaban J connectivity index is 1.82. The summed E-state index contributed by atoms with van der Waals surface area (Å²) in [5.41, 5.74) is 0.864. The van der Waals surface area contributed by atoms with Crippen LogP contribution in [0.2, 0.25) is 0 Å². The fraction of sp³-hybridized carbons (Fsp3) is 0.357. The normalized spacial score (nSPS) is 14.3. The van der Waals surface area contributed by atoms with Crippen molar-refractivity contribution >= 4 is 17.5 Å². The highest BCUT2D eigenvalue weighted by molar-refractivity contribution is 5.64. The Hall–Kier alpha value is -2.37. The minimum Gasteiger partial charge on any atom is -0.495 e. The van der Waals surface area contributed by atoms with Gasteiger partial charge in [-0.15, -0.1) is 5.10 Å². The highest BCUT2D eigenvalue weighted by atomic mass is 16.5. The van der Waals surface area contributed by atoms with Gasteiger partial charge < -0.3 is 15.0 Å². The predicted octanol–water partition coefficient (Wildman–Crippen LogP) is 2.22. The number of anilines is 3. The molecule has 104 valence electrons. The smallest absolute Gasteiger partial charge is 0.247 e. The van der Waals surface area contributed by atoms with Gasteiger partial charge in [-0.05, 0) is 25.0 Å². The van der Waals surface area contributed by atoms with E-state index in [1.165, 1.54) is 12.8 Å². The number of rotatable bonds is 4. The molecule has 6 nitrogen and oxygen atoms in total. The molecule has 0 unspecified atom stereocenters. The fourth-order valence-corrected chi connectivity index (χ4v) is 2.29. The van der Waals surface area contributed by atoms with Crippen LogP contribution in [-0.2, 0) is 0 Å². The number of para-hydroxylation sites is 2. The minimum atomic E-state index is 0.673. The minimum absolute atomic E-state index is 0.673. The Labute approximate surface area is 117 Å². The maximum absolute atomic E-state index is 5.31. The molecule has 3 rings (SSSR count). The molecule has 0 atom stereocenters. The second-order valence-corrected chi connectivity index (χ2v) is 4.66. The first-order chi connectivity index (χ1) is 9.86. The van der Waals surface area contributed by atoms with Crippen molar-refractivity contribution in [3.8, 4) is 5.75 Å². The molecule has 0 bridgehead atoms. The van der Waals surface area contributed by atoms with E-state index < -0.39 is 0 Å². The molecule has 1 saturated heterocycles. The predicted molar refractivity (Wildman–Crippen MR) is 77.6 cm³/mol. The third-order valence-corrected chi connectivity index (χ3v) is 3.31. The van der Waals surface area contributed by atoms with Crippen LogP contribution < -0.4 is 15.0 Å². The Morgan fingerprint density at radius 3 is 2.80 bits per heavy atom.